The van der Waals surface area contributed by atoms with Crippen molar-refractivity contribution >= 4 is 81.0 Å². The van der Waals surface area contributed by atoms with E-state index in [1.807, 2.05) is 0 Å². The van der Waals surface area contributed by atoms with Gasteiger partial charge in [0.1, 0.15) is 0 Å². The van der Waals surface area contributed by atoms with Crippen molar-refractivity contribution in [3.8, 4) is 0 Å². The van der Waals surface area contributed by atoms with Crippen LogP contribution in [0.4, 0.5) is 5.95 Å². The first-order valence-electron chi connectivity index (χ1n) is 11.4. The first-order valence-corrected chi connectivity index (χ1v) is 24.4. The third kappa shape index (κ3) is 8.99. The summed E-state index contributed by atoms with van der Waals surface area (Å²) < 4.78 is 57.5. The minimum Gasteiger partial charge on any atom is -0.391 e. The summed E-state index contributed by atoms with van der Waals surface area (Å²) in [5.74, 6) is 0.317. The fourth-order valence-electron chi connectivity index (χ4n) is 3.55. The van der Waals surface area contributed by atoms with Gasteiger partial charge in [0.25, 0.3) is 0 Å². The number of aliphatic hydroxyl groups is 1. The Labute approximate surface area is 242 Å². The van der Waals surface area contributed by atoms with Gasteiger partial charge in [-0.25, -0.2) is 0 Å². The Kier molecular flexibility index (Phi) is 9.91. The van der Waals surface area contributed by atoms with Crippen LogP contribution in [0, 0.1) is 4.77 Å². The van der Waals surface area contributed by atoms with Gasteiger partial charge in [0.15, 0.2) is 0 Å². The summed E-state index contributed by atoms with van der Waals surface area (Å²) in [5, 5.41) is 18.2. The molecule has 0 saturated carbocycles. The fourth-order valence-corrected chi connectivity index (χ4v) is 28.6. The summed E-state index contributed by atoms with van der Waals surface area (Å²) in [6.07, 6.45) is -0.902. The Bertz CT molecular complexity index is 1050. The van der Waals surface area contributed by atoms with Gasteiger partial charge < -0.3 is 90.2 Å². The standard InChI is InChI=1S/C10H28N4O19SSi7/c1-23-36(5-3-4-24-7-8(15)6-11-9-12-10(34)14-13-9)27-40(26-35(2,16)25-37(17,18)30-40)33-41(28-36)31-38(19,20)29-39(21,22)32-41/h8,15-22H,3-7H2,1-2H3,(H3,11,12,13,14,34). The largest absolute Gasteiger partial charge is 0.662 e. The van der Waals surface area contributed by atoms with E-state index in [9.17, 15) is 38.7 Å². The van der Waals surface area contributed by atoms with Crippen LogP contribution in [0.5, 0.6) is 0 Å². The smallest absolute Gasteiger partial charge is 0.391 e. The molecule has 236 valence electrons. The number of aliphatic hydroxyl groups excluding tert-OH is 1. The molecule has 3 aliphatic heterocycles. The highest BCUT2D eigenvalue weighted by Gasteiger charge is 2.83. The van der Waals surface area contributed by atoms with E-state index >= 15 is 0 Å². The Balaban J connectivity index is 1.47. The Morgan fingerprint density at radius 1 is 0.854 bits per heavy atom. The van der Waals surface area contributed by atoms with Crippen LogP contribution in [0.3, 0.4) is 0 Å². The van der Waals surface area contributed by atoms with Crippen molar-refractivity contribution in [3.63, 3.8) is 0 Å². The predicted molar refractivity (Wildman–Crippen MR) is 137 cm³/mol. The minimum absolute atomic E-state index is 0.0329. The van der Waals surface area contributed by atoms with Gasteiger partial charge in [0, 0.05) is 32.9 Å². The third-order valence-corrected chi connectivity index (χ3v) is 26.6. The SMILES string of the molecule is CO[Si]1(CCCOCC(O)CNc2nc(=S)[nH][nH]2)O[Si]2(O[Si](C)(O)O[Si](O)(O)O2)O[Si]2(O[Si](O)(O)O[Si](O)(O)O2)O1. The fraction of sp³-hybridized carbons (Fsp3) is 0.800. The number of rotatable bonds is 10. The highest BCUT2D eigenvalue weighted by Crippen LogP contribution is 2.43. The molecule has 23 nitrogen and oxygen atoms in total. The van der Waals surface area contributed by atoms with Crippen LogP contribution >= 0.6 is 12.2 Å². The summed E-state index contributed by atoms with van der Waals surface area (Å²) in [6, 6.07) is -0.221. The molecular formula is C10H28N4O19SSi7. The lowest BCUT2D eigenvalue weighted by Gasteiger charge is -2.52. The molecule has 4 unspecified atom stereocenters. The molecule has 3 saturated heterocycles. The van der Waals surface area contributed by atoms with Crippen LogP contribution < -0.4 is 5.32 Å². The van der Waals surface area contributed by atoms with Crippen LogP contribution in [0.15, 0.2) is 0 Å². The predicted octanol–water partition coefficient (Wildman–Crippen LogP) is -5.88. The van der Waals surface area contributed by atoms with E-state index in [0.29, 0.717) is 5.95 Å². The van der Waals surface area contributed by atoms with Crippen molar-refractivity contribution in [3.05, 3.63) is 4.77 Å². The van der Waals surface area contributed by atoms with E-state index in [2.05, 4.69) is 24.6 Å². The van der Waals surface area contributed by atoms with Gasteiger partial charge >= 0.3 is 62.8 Å². The molecule has 0 aliphatic carbocycles. The maximum absolute atomic E-state index is 10.5. The number of hydrogen-bond donors (Lipinski definition) is 11. The lowest BCUT2D eigenvalue weighted by atomic mass is 10.4. The summed E-state index contributed by atoms with van der Waals surface area (Å²) >= 11 is 4.83. The van der Waals surface area contributed by atoms with Crippen LogP contribution in [0.25, 0.3) is 0 Å². The summed E-state index contributed by atoms with van der Waals surface area (Å²) in [6.45, 7) is 0.874. The first kappa shape index (κ1) is 33.8. The maximum Gasteiger partial charge on any atom is 0.662 e. The second kappa shape index (κ2) is 12.0. The van der Waals surface area contributed by atoms with Crippen LogP contribution in [-0.4, -0.2) is 150 Å². The highest BCUT2D eigenvalue weighted by molar-refractivity contribution is 7.71. The van der Waals surface area contributed by atoms with Crippen LogP contribution in [0.2, 0.25) is 12.6 Å². The molecule has 41 heavy (non-hydrogen) atoms. The molecule has 31 heteroatoms. The number of aromatic amines is 2. The molecule has 0 amide bonds. The van der Waals surface area contributed by atoms with Crippen molar-refractivity contribution in [1.29, 1.82) is 0 Å². The lowest BCUT2D eigenvalue weighted by Crippen LogP contribution is -2.85. The maximum atomic E-state index is 10.5. The number of anilines is 1. The van der Waals surface area contributed by atoms with Crippen molar-refractivity contribution in [2.75, 3.05) is 32.2 Å². The number of H-pyrrole nitrogens is 2. The van der Waals surface area contributed by atoms with Gasteiger partial charge in [-0.15, -0.1) is 0 Å². The number of hydrogen-bond acceptors (Lipinski definition) is 22. The van der Waals surface area contributed by atoms with Gasteiger partial charge in [0.2, 0.25) is 10.7 Å². The van der Waals surface area contributed by atoms with Gasteiger partial charge in [-0.2, -0.15) is 4.98 Å². The lowest BCUT2D eigenvalue weighted by molar-refractivity contribution is -0.0953. The highest BCUT2D eigenvalue weighted by atomic mass is 32.1. The summed E-state index contributed by atoms with van der Waals surface area (Å²) in [4.78, 5) is 75.1. The van der Waals surface area contributed by atoms with Crippen molar-refractivity contribution in [2.45, 2.75) is 25.1 Å². The molecule has 3 aliphatic rings. The Morgan fingerprint density at radius 3 is 1.98 bits per heavy atom. The van der Waals surface area contributed by atoms with E-state index in [1.54, 1.807) is 0 Å². The van der Waals surface area contributed by atoms with Gasteiger partial charge in [-0.1, -0.05) is 0 Å². The molecule has 4 heterocycles. The normalized spacial score (nSPS) is 34.5. The Hall–Kier alpha value is -0.0818. The number of ether oxygens (including phenoxy) is 1. The molecule has 4 rings (SSSR count). The zero-order valence-electron chi connectivity index (χ0n) is 21.0. The second-order valence-electron chi connectivity index (χ2n) is 8.58. The van der Waals surface area contributed by atoms with Crippen molar-refractivity contribution in [2.24, 2.45) is 0 Å². The number of aromatic nitrogens is 3. The van der Waals surface area contributed by atoms with Crippen LogP contribution in [0.1, 0.15) is 6.42 Å². The van der Waals surface area contributed by atoms with Gasteiger partial charge in [-0.3, -0.25) is 10.2 Å². The van der Waals surface area contributed by atoms with E-state index < -0.39 is 69.0 Å². The minimum atomic E-state index is -5.40. The van der Waals surface area contributed by atoms with E-state index in [0.717, 1.165) is 13.7 Å². The zero-order chi connectivity index (χ0) is 30.4. The third-order valence-electron chi connectivity index (χ3n) is 4.89. The first-order chi connectivity index (χ1) is 18.8. The number of nitrogens with zero attached hydrogens (tertiary/aromatic N) is 1. The molecule has 2 spiro atoms. The van der Waals surface area contributed by atoms with Crippen molar-refractivity contribution in [1.82, 2.24) is 15.2 Å². The van der Waals surface area contributed by atoms with E-state index in [-0.39, 0.29) is 37.0 Å². The molecule has 11 N–H and O–H groups in total. The molecule has 0 aromatic carbocycles. The molecule has 0 bridgehead atoms. The average molecular weight is 737 g/mol. The second-order valence-corrected chi connectivity index (χ2v) is 25.7. The molecule has 0 radical (unpaired) electrons. The van der Waals surface area contributed by atoms with Crippen LogP contribution in [-0.2, 0) is 46.2 Å². The monoisotopic (exact) mass is 736 g/mol. The quantitative estimate of drug-likeness (QED) is 0.0605. The topological polar surface area (TPSA) is 320 Å². The molecule has 1 aromatic heterocycles. The zero-order valence-corrected chi connectivity index (χ0v) is 28.9. The number of nitrogens with one attached hydrogen (secondary N) is 3. The summed E-state index contributed by atoms with van der Waals surface area (Å²) in [5.41, 5.74) is 0. The molecular weight excluding hydrogens is 709 g/mol. The average Bonchev–Trinajstić information content (AvgIpc) is 3.17. The molecule has 3 fully saturated rings. The van der Waals surface area contributed by atoms with Gasteiger partial charge in [-0.05, 0) is 18.6 Å². The molecule has 4 atom stereocenters. The Morgan fingerprint density at radius 2 is 1.44 bits per heavy atom. The summed E-state index contributed by atoms with van der Waals surface area (Å²) in [7, 11) is -34.1. The van der Waals surface area contributed by atoms with Gasteiger partial charge in [0.05, 0.1) is 12.7 Å². The molecule has 1 aromatic rings. The van der Waals surface area contributed by atoms with E-state index in [4.69, 9.17) is 54.3 Å². The van der Waals surface area contributed by atoms with E-state index in [1.165, 1.54) is 0 Å². The van der Waals surface area contributed by atoms with Crippen molar-refractivity contribution < 1.29 is 84.9 Å².